The Morgan fingerprint density at radius 1 is 0.323 bits per heavy atom. The van der Waals surface area contributed by atoms with Crippen LogP contribution < -0.4 is 0 Å². The number of carbonyl (C=O) groups is 3. The maximum atomic E-state index is 12.8. The van der Waals surface area contributed by atoms with Gasteiger partial charge in [0.05, 0.1) is 0 Å². The van der Waals surface area contributed by atoms with Gasteiger partial charge in [-0.1, -0.05) is 257 Å². The van der Waals surface area contributed by atoms with Gasteiger partial charge in [-0.05, 0) is 44.9 Å². The number of carbonyl (C=O) groups excluding carboxylic acids is 3. The van der Waals surface area contributed by atoms with Crippen molar-refractivity contribution in [1.82, 2.24) is 0 Å². The van der Waals surface area contributed by atoms with Gasteiger partial charge in [-0.2, -0.15) is 0 Å². The van der Waals surface area contributed by atoms with Crippen LogP contribution >= 0.6 is 0 Å². The predicted molar refractivity (Wildman–Crippen MR) is 266 cm³/mol. The quantitative estimate of drug-likeness (QED) is 0.0262. The van der Waals surface area contributed by atoms with Crippen molar-refractivity contribution >= 4 is 17.9 Å². The molecule has 0 bridgehead atoms. The molecule has 0 unspecified atom stereocenters. The lowest BCUT2D eigenvalue weighted by atomic mass is 10.0. The Hall–Kier alpha value is -2.11. The summed E-state index contributed by atoms with van der Waals surface area (Å²) in [5.41, 5.74) is 0. The Morgan fingerprint density at radius 2 is 0.597 bits per heavy atom. The SMILES string of the molecule is CCCC/C=C\C/C=C\CCCCCCCC(=O)OC[C@H](COC(=O)CCCCCCCCCCCCCCCCC)OC(=O)CCCCCCCCCCCCCCCCC. The third-order valence-electron chi connectivity index (χ3n) is 12.2. The van der Waals surface area contributed by atoms with Gasteiger partial charge in [0.25, 0.3) is 0 Å². The van der Waals surface area contributed by atoms with E-state index in [-0.39, 0.29) is 31.1 Å². The Bertz CT molecular complexity index is 1000. The average Bonchev–Trinajstić information content (AvgIpc) is 3.27. The summed E-state index contributed by atoms with van der Waals surface area (Å²) in [6, 6.07) is 0. The molecule has 0 aliphatic carbocycles. The summed E-state index contributed by atoms with van der Waals surface area (Å²) in [5.74, 6) is -0.866. The second-order valence-electron chi connectivity index (χ2n) is 18.5. The number of unbranched alkanes of at least 4 members (excludes halogenated alkanes) is 35. The van der Waals surface area contributed by atoms with Crippen molar-refractivity contribution in [2.24, 2.45) is 0 Å². The van der Waals surface area contributed by atoms with Gasteiger partial charge < -0.3 is 14.2 Å². The van der Waals surface area contributed by atoms with Crippen molar-refractivity contribution in [3.05, 3.63) is 24.3 Å². The van der Waals surface area contributed by atoms with Gasteiger partial charge >= 0.3 is 17.9 Å². The van der Waals surface area contributed by atoms with Crippen molar-refractivity contribution in [3.8, 4) is 0 Å². The summed E-state index contributed by atoms with van der Waals surface area (Å²) in [6.07, 6.45) is 58.7. The van der Waals surface area contributed by atoms with E-state index in [0.717, 1.165) is 77.0 Å². The van der Waals surface area contributed by atoms with Crippen molar-refractivity contribution in [2.75, 3.05) is 13.2 Å². The Labute approximate surface area is 385 Å². The van der Waals surface area contributed by atoms with Crippen LogP contribution in [0, 0.1) is 0 Å². The molecule has 0 amide bonds. The van der Waals surface area contributed by atoms with Gasteiger partial charge in [-0.15, -0.1) is 0 Å². The smallest absolute Gasteiger partial charge is 0.306 e. The second-order valence-corrected chi connectivity index (χ2v) is 18.5. The van der Waals surface area contributed by atoms with Gasteiger partial charge in [0.2, 0.25) is 0 Å². The highest BCUT2D eigenvalue weighted by Crippen LogP contribution is 2.17. The molecule has 0 aliphatic heterocycles. The monoisotopic (exact) mass is 873 g/mol. The first-order valence-corrected chi connectivity index (χ1v) is 27.3. The van der Waals surface area contributed by atoms with Crippen LogP contribution in [0.4, 0.5) is 0 Å². The summed E-state index contributed by atoms with van der Waals surface area (Å²) in [7, 11) is 0. The molecule has 6 nitrogen and oxygen atoms in total. The van der Waals surface area contributed by atoms with Crippen LogP contribution in [0.2, 0.25) is 0 Å². The molecule has 0 aromatic carbocycles. The molecule has 0 saturated heterocycles. The lowest BCUT2D eigenvalue weighted by Gasteiger charge is -2.18. The molecule has 364 valence electrons. The van der Waals surface area contributed by atoms with E-state index in [1.807, 2.05) is 0 Å². The van der Waals surface area contributed by atoms with E-state index in [2.05, 4.69) is 45.1 Å². The molecule has 0 aromatic rings. The summed E-state index contributed by atoms with van der Waals surface area (Å²) < 4.78 is 16.8. The van der Waals surface area contributed by atoms with E-state index >= 15 is 0 Å². The molecule has 6 heteroatoms. The van der Waals surface area contributed by atoms with Gasteiger partial charge in [0, 0.05) is 19.3 Å². The number of esters is 3. The number of hydrogen-bond acceptors (Lipinski definition) is 6. The summed E-state index contributed by atoms with van der Waals surface area (Å²) in [4.78, 5) is 38.0. The van der Waals surface area contributed by atoms with Gasteiger partial charge in [0.15, 0.2) is 6.10 Å². The number of ether oxygens (including phenoxy) is 3. The zero-order chi connectivity index (χ0) is 45.1. The molecule has 0 spiro atoms. The number of allylic oxidation sites excluding steroid dienone is 4. The normalized spacial score (nSPS) is 12.1. The van der Waals surface area contributed by atoms with Crippen LogP contribution in [0.25, 0.3) is 0 Å². The minimum Gasteiger partial charge on any atom is -0.462 e. The first-order valence-electron chi connectivity index (χ1n) is 27.3. The van der Waals surface area contributed by atoms with Crippen LogP contribution in [-0.2, 0) is 28.6 Å². The highest BCUT2D eigenvalue weighted by molar-refractivity contribution is 5.71. The maximum absolute atomic E-state index is 12.8. The molecule has 62 heavy (non-hydrogen) atoms. The lowest BCUT2D eigenvalue weighted by Crippen LogP contribution is -2.30. The zero-order valence-electron chi connectivity index (χ0n) is 41.7. The minimum atomic E-state index is -0.771. The minimum absolute atomic E-state index is 0.0704. The molecule has 0 fully saturated rings. The lowest BCUT2D eigenvalue weighted by molar-refractivity contribution is -0.167. The van der Waals surface area contributed by atoms with Gasteiger partial charge in [0.1, 0.15) is 13.2 Å². The third-order valence-corrected chi connectivity index (χ3v) is 12.2. The third kappa shape index (κ3) is 48.9. The first-order chi connectivity index (χ1) is 30.5. The van der Waals surface area contributed by atoms with Crippen LogP contribution in [0.5, 0.6) is 0 Å². The maximum Gasteiger partial charge on any atom is 0.306 e. The van der Waals surface area contributed by atoms with Crippen LogP contribution in [0.15, 0.2) is 24.3 Å². The Balaban J connectivity index is 4.35. The van der Waals surface area contributed by atoms with Crippen molar-refractivity contribution in [3.63, 3.8) is 0 Å². The molecule has 0 saturated carbocycles. The van der Waals surface area contributed by atoms with Crippen LogP contribution in [-0.4, -0.2) is 37.2 Å². The van der Waals surface area contributed by atoms with E-state index in [1.165, 1.54) is 180 Å². The van der Waals surface area contributed by atoms with E-state index < -0.39 is 6.10 Å². The van der Waals surface area contributed by atoms with Crippen molar-refractivity contribution in [2.45, 2.75) is 303 Å². The fourth-order valence-electron chi connectivity index (χ4n) is 8.05. The molecular weight excluding hydrogens is 769 g/mol. The summed E-state index contributed by atoms with van der Waals surface area (Å²) >= 11 is 0. The molecule has 0 rings (SSSR count). The van der Waals surface area contributed by atoms with Crippen LogP contribution in [0.1, 0.15) is 297 Å². The van der Waals surface area contributed by atoms with E-state index in [1.54, 1.807) is 0 Å². The standard InChI is InChI=1S/C56H104O6/c1-4-7-10-13-16-19-22-25-28-31-34-37-40-43-46-49-55(58)61-52-53(51-60-54(57)48-45-42-39-36-33-30-27-24-21-18-15-12-9-6-3)62-56(59)50-47-44-41-38-35-32-29-26-23-20-17-14-11-8-5-2/h15,18,24,27,53H,4-14,16-17,19-23,25-26,28-52H2,1-3H3/b18-15-,27-24-/t53-/m1/s1. The average molecular weight is 873 g/mol. The highest BCUT2D eigenvalue weighted by atomic mass is 16.6. The Morgan fingerprint density at radius 3 is 0.935 bits per heavy atom. The largest absolute Gasteiger partial charge is 0.462 e. The highest BCUT2D eigenvalue weighted by Gasteiger charge is 2.19. The first kappa shape index (κ1) is 59.9. The molecular formula is C56H104O6. The number of hydrogen-bond donors (Lipinski definition) is 0. The molecule has 0 heterocycles. The second kappa shape index (κ2) is 51.5. The fraction of sp³-hybridized carbons (Fsp3) is 0.875. The Kier molecular flexibility index (Phi) is 49.8. The molecule has 0 N–H and O–H groups in total. The predicted octanol–water partition coefficient (Wildman–Crippen LogP) is 17.9. The zero-order valence-corrected chi connectivity index (χ0v) is 41.7. The topological polar surface area (TPSA) is 78.9 Å². The van der Waals surface area contributed by atoms with Crippen LogP contribution in [0.3, 0.4) is 0 Å². The van der Waals surface area contributed by atoms with E-state index in [4.69, 9.17) is 14.2 Å². The molecule has 0 aromatic heterocycles. The molecule has 1 atom stereocenters. The van der Waals surface area contributed by atoms with Crippen molar-refractivity contribution < 1.29 is 28.6 Å². The van der Waals surface area contributed by atoms with Crippen molar-refractivity contribution in [1.29, 1.82) is 0 Å². The number of rotatable bonds is 50. The molecule has 0 aliphatic rings. The summed E-state index contributed by atoms with van der Waals surface area (Å²) in [5, 5.41) is 0. The van der Waals surface area contributed by atoms with E-state index in [0.29, 0.717) is 19.3 Å². The van der Waals surface area contributed by atoms with E-state index in [9.17, 15) is 14.4 Å². The fourth-order valence-corrected chi connectivity index (χ4v) is 8.05. The molecule has 0 radical (unpaired) electrons. The van der Waals surface area contributed by atoms with Gasteiger partial charge in [-0.3, -0.25) is 14.4 Å². The summed E-state index contributed by atoms with van der Waals surface area (Å²) in [6.45, 7) is 6.63. The van der Waals surface area contributed by atoms with Gasteiger partial charge in [-0.25, -0.2) is 0 Å².